The summed E-state index contributed by atoms with van der Waals surface area (Å²) in [5, 5.41) is 12.7. The Labute approximate surface area is 211 Å². The van der Waals surface area contributed by atoms with Gasteiger partial charge in [-0.25, -0.2) is 4.57 Å². The lowest BCUT2D eigenvalue weighted by Gasteiger charge is -2.13. The summed E-state index contributed by atoms with van der Waals surface area (Å²) in [6.07, 6.45) is 0. The van der Waals surface area contributed by atoms with Crippen molar-refractivity contribution in [3.8, 4) is 11.4 Å². The summed E-state index contributed by atoms with van der Waals surface area (Å²) >= 11 is 1.28. The number of methoxy groups -OCH3 is 1. The van der Waals surface area contributed by atoms with E-state index < -0.39 is 0 Å². The van der Waals surface area contributed by atoms with Crippen LogP contribution in [0, 0.1) is 0 Å². The molecule has 0 aliphatic rings. The number of carbonyl (C=O) groups is 1. The molecule has 0 aliphatic carbocycles. The van der Waals surface area contributed by atoms with Crippen LogP contribution in [-0.4, -0.2) is 44.5 Å². The van der Waals surface area contributed by atoms with E-state index in [1.54, 1.807) is 19.2 Å². The molecular formula is C27H25N5O3S. The van der Waals surface area contributed by atoms with Crippen LogP contribution in [0.15, 0.2) is 88.8 Å². The first-order valence-corrected chi connectivity index (χ1v) is 12.5. The van der Waals surface area contributed by atoms with Crippen molar-refractivity contribution >= 4 is 34.3 Å². The van der Waals surface area contributed by atoms with E-state index in [0.29, 0.717) is 39.8 Å². The zero-order chi connectivity index (χ0) is 25.1. The van der Waals surface area contributed by atoms with Crippen LogP contribution in [0.4, 0.5) is 0 Å². The number of hydrogen-bond donors (Lipinski definition) is 1. The second-order valence-electron chi connectivity index (χ2n) is 8.38. The van der Waals surface area contributed by atoms with Gasteiger partial charge in [-0.1, -0.05) is 67.2 Å². The molecule has 0 radical (unpaired) electrons. The molecule has 1 atom stereocenters. The van der Waals surface area contributed by atoms with Gasteiger partial charge in [-0.3, -0.25) is 14.0 Å². The molecule has 5 rings (SSSR count). The van der Waals surface area contributed by atoms with Gasteiger partial charge in [0.15, 0.2) is 5.16 Å². The molecule has 1 N–H and O–H groups in total. The van der Waals surface area contributed by atoms with E-state index in [9.17, 15) is 9.59 Å². The molecule has 0 fully saturated rings. The van der Waals surface area contributed by atoms with Crippen molar-refractivity contribution in [1.29, 1.82) is 0 Å². The highest BCUT2D eigenvalue weighted by Crippen LogP contribution is 2.24. The van der Waals surface area contributed by atoms with Crippen molar-refractivity contribution in [3.05, 3.63) is 94.8 Å². The van der Waals surface area contributed by atoms with Gasteiger partial charge >= 0.3 is 0 Å². The van der Waals surface area contributed by atoms with Crippen LogP contribution < -0.4 is 15.6 Å². The number of aromatic nitrogens is 4. The third-order valence-corrected chi connectivity index (χ3v) is 6.94. The lowest BCUT2D eigenvalue weighted by molar-refractivity contribution is -0.118. The first-order valence-electron chi connectivity index (χ1n) is 11.5. The molecule has 2 heterocycles. The maximum Gasteiger partial charge on any atom is 0.267 e. The van der Waals surface area contributed by atoms with E-state index in [1.807, 2.05) is 59.0 Å². The van der Waals surface area contributed by atoms with Gasteiger partial charge < -0.3 is 10.1 Å². The molecular weight excluding hydrogens is 474 g/mol. The molecule has 0 saturated carbocycles. The fraction of sp³-hybridized carbons (Fsp3) is 0.185. The third-order valence-electron chi connectivity index (χ3n) is 6.01. The molecule has 182 valence electrons. The predicted octanol–water partition coefficient (Wildman–Crippen LogP) is 4.05. The minimum atomic E-state index is -0.206. The minimum Gasteiger partial charge on any atom is -0.497 e. The zero-order valence-corrected chi connectivity index (χ0v) is 20.7. The highest BCUT2D eigenvalue weighted by atomic mass is 32.2. The average Bonchev–Trinajstić information content (AvgIpc) is 3.35. The largest absolute Gasteiger partial charge is 0.497 e. The van der Waals surface area contributed by atoms with Gasteiger partial charge in [0.25, 0.3) is 5.56 Å². The molecule has 1 amide bonds. The highest BCUT2D eigenvalue weighted by Gasteiger charge is 2.19. The molecule has 36 heavy (non-hydrogen) atoms. The molecule has 0 bridgehead atoms. The number of thioether (sulfide) groups is 1. The number of fused-ring (bicyclic) bond motifs is 3. The van der Waals surface area contributed by atoms with Crippen LogP contribution in [0.5, 0.6) is 5.75 Å². The Morgan fingerprint density at radius 2 is 1.81 bits per heavy atom. The van der Waals surface area contributed by atoms with Gasteiger partial charge in [0.2, 0.25) is 11.7 Å². The van der Waals surface area contributed by atoms with E-state index in [4.69, 9.17) is 4.74 Å². The van der Waals surface area contributed by atoms with E-state index in [0.717, 1.165) is 0 Å². The van der Waals surface area contributed by atoms with Crippen LogP contribution in [0.3, 0.4) is 0 Å². The number of hydrogen-bond acceptors (Lipinski definition) is 6. The number of ether oxygens (including phenoxy) is 1. The van der Waals surface area contributed by atoms with Gasteiger partial charge in [0.05, 0.1) is 29.5 Å². The number of nitrogens with one attached hydrogen (secondary N) is 1. The van der Waals surface area contributed by atoms with Crippen LogP contribution in [-0.2, 0) is 4.79 Å². The highest BCUT2D eigenvalue weighted by molar-refractivity contribution is 7.99. The molecule has 5 aromatic rings. The van der Waals surface area contributed by atoms with Crippen LogP contribution in [0.1, 0.15) is 18.4 Å². The van der Waals surface area contributed by atoms with Gasteiger partial charge in [-0.05, 0) is 35.7 Å². The molecule has 0 aliphatic heterocycles. The number of para-hydroxylation sites is 1. The fourth-order valence-corrected chi connectivity index (χ4v) is 4.87. The van der Waals surface area contributed by atoms with Crippen LogP contribution in [0.2, 0.25) is 0 Å². The third kappa shape index (κ3) is 4.57. The Morgan fingerprint density at radius 1 is 1.03 bits per heavy atom. The summed E-state index contributed by atoms with van der Waals surface area (Å²) in [7, 11) is 1.58. The molecule has 0 saturated heterocycles. The second-order valence-corrected chi connectivity index (χ2v) is 9.32. The second kappa shape index (κ2) is 10.2. The quantitative estimate of drug-likeness (QED) is 0.324. The zero-order valence-electron chi connectivity index (χ0n) is 19.9. The van der Waals surface area contributed by atoms with E-state index in [2.05, 4.69) is 34.6 Å². The van der Waals surface area contributed by atoms with Gasteiger partial charge in [-0.2, -0.15) is 0 Å². The van der Waals surface area contributed by atoms with E-state index >= 15 is 0 Å². The summed E-state index contributed by atoms with van der Waals surface area (Å²) in [6.45, 7) is 2.63. The average molecular weight is 500 g/mol. The Morgan fingerprint density at radius 3 is 2.61 bits per heavy atom. The van der Waals surface area contributed by atoms with Gasteiger partial charge in [-0.15, -0.1) is 10.2 Å². The monoisotopic (exact) mass is 499 g/mol. The predicted molar refractivity (Wildman–Crippen MR) is 141 cm³/mol. The van der Waals surface area contributed by atoms with Crippen molar-refractivity contribution < 1.29 is 9.53 Å². The Balaban J connectivity index is 1.44. The summed E-state index contributed by atoms with van der Waals surface area (Å²) in [4.78, 5) is 26.1. The lowest BCUT2D eigenvalue weighted by Crippen LogP contribution is -2.29. The number of carbonyl (C=O) groups excluding carboxylic acids is 1. The smallest absolute Gasteiger partial charge is 0.267 e. The number of nitrogens with zero attached hydrogens (tertiary/aromatic N) is 4. The fourth-order valence-electron chi connectivity index (χ4n) is 4.10. The van der Waals surface area contributed by atoms with Crippen molar-refractivity contribution in [2.45, 2.75) is 18.0 Å². The molecule has 1 unspecified atom stereocenters. The van der Waals surface area contributed by atoms with Crippen molar-refractivity contribution in [3.63, 3.8) is 0 Å². The SMILES string of the molecule is COc1cccc(-n2c(=O)c3ccccc3n3c(SCC(=O)NCC(C)c4ccccc4)nnc23)c1. The Kier molecular flexibility index (Phi) is 6.73. The first kappa shape index (κ1) is 23.6. The number of rotatable bonds is 8. The first-order chi connectivity index (χ1) is 17.6. The molecule has 8 nitrogen and oxygen atoms in total. The van der Waals surface area contributed by atoms with E-state index in [1.165, 1.54) is 21.9 Å². The van der Waals surface area contributed by atoms with Crippen LogP contribution in [0.25, 0.3) is 22.4 Å². The molecule has 3 aromatic carbocycles. The standard InChI is InChI=1S/C27H25N5O3S/c1-18(19-9-4-3-5-10-19)16-28-24(33)17-36-27-30-29-26-31(20-11-8-12-21(15-20)35-2)25(34)22-13-6-7-14-23(22)32(26)27/h3-15,18H,16-17H2,1-2H3,(H,28,33). The summed E-state index contributed by atoms with van der Waals surface area (Å²) in [6, 6.07) is 24.6. The summed E-state index contributed by atoms with van der Waals surface area (Å²) in [5.41, 5.74) is 2.27. The van der Waals surface area contributed by atoms with Crippen molar-refractivity contribution in [2.24, 2.45) is 0 Å². The molecule has 0 spiro atoms. The molecule has 2 aromatic heterocycles. The lowest BCUT2D eigenvalue weighted by atomic mass is 10.0. The van der Waals surface area contributed by atoms with Gasteiger partial charge in [0.1, 0.15) is 5.75 Å². The minimum absolute atomic E-state index is 0.0926. The molecule has 9 heteroatoms. The Hall–Kier alpha value is -4.11. The Bertz CT molecular complexity index is 1600. The number of benzene rings is 3. The summed E-state index contributed by atoms with van der Waals surface area (Å²) in [5.74, 6) is 1.28. The van der Waals surface area contributed by atoms with E-state index in [-0.39, 0.29) is 23.1 Å². The summed E-state index contributed by atoms with van der Waals surface area (Å²) < 4.78 is 8.68. The van der Waals surface area contributed by atoms with Crippen molar-refractivity contribution in [2.75, 3.05) is 19.4 Å². The normalized spacial score (nSPS) is 12.1. The van der Waals surface area contributed by atoms with Gasteiger partial charge in [0, 0.05) is 12.6 Å². The maximum absolute atomic E-state index is 13.5. The topological polar surface area (TPSA) is 90.5 Å². The van der Waals surface area contributed by atoms with Crippen LogP contribution >= 0.6 is 11.8 Å². The number of amides is 1. The van der Waals surface area contributed by atoms with Crippen molar-refractivity contribution in [1.82, 2.24) is 24.5 Å². The maximum atomic E-state index is 13.5.